The molecule has 1 N–H and O–H groups in total. The maximum Gasteiger partial charge on any atom is 0.260 e. The second-order valence-electron chi connectivity index (χ2n) is 6.63. The molecule has 5 rings (SSSR count). The van der Waals surface area contributed by atoms with E-state index in [0.29, 0.717) is 11.3 Å². The van der Waals surface area contributed by atoms with Gasteiger partial charge in [-0.3, -0.25) is 4.79 Å². The molecule has 0 spiro atoms. The molecule has 0 aliphatic heterocycles. The first kappa shape index (κ1) is 15.6. The molecule has 0 unspecified atom stereocenters. The predicted octanol–water partition coefficient (Wildman–Crippen LogP) is 5.84. The third kappa shape index (κ3) is 2.40. The summed E-state index contributed by atoms with van der Waals surface area (Å²) in [6.45, 7) is 0. The highest BCUT2D eigenvalue weighted by Crippen LogP contribution is 2.39. The van der Waals surface area contributed by atoms with Crippen molar-refractivity contribution in [3.8, 4) is 5.75 Å². The molecule has 0 atom stereocenters. The summed E-state index contributed by atoms with van der Waals surface area (Å²) in [4.78, 5) is 13.1. The number of rotatable bonds is 3. The van der Waals surface area contributed by atoms with Crippen molar-refractivity contribution in [2.24, 2.45) is 0 Å². The molecule has 3 heteroatoms. The third-order valence-electron chi connectivity index (χ3n) is 5.09. The van der Waals surface area contributed by atoms with E-state index in [4.69, 9.17) is 4.74 Å². The fourth-order valence-corrected chi connectivity index (χ4v) is 3.89. The number of ether oxygens (including phenoxy) is 1. The Bertz CT molecular complexity index is 1280. The van der Waals surface area contributed by atoms with Crippen LogP contribution in [0.4, 0.5) is 5.69 Å². The first-order chi connectivity index (χ1) is 13.3. The number of methoxy groups -OCH3 is 1. The van der Waals surface area contributed by atoms with Crippen molar-refractivity contribution >= 4 is 43.9 Å². The summed E-state index contributed by atoms with van der Waals surface area (Å²) in [5.74, 6) is 0.408. The lowest BCUT2D eigenvalue weighted by Crippen LogP contribution is -2.14. The highest BCUT2D eigenvalue weighted by atomic mass is 16.5. The normalized spacial score (nSPS) is 11.3. The van der Waals surface area contributed by atoms with Crippen LogP contribution in [-0.4, -0.2) is 13.0 Å². The smallest absolute Gasteiger partial charge is 0.260 e. The van der Waals surface area contributed by atoms with E-state index < -0.39 is 0 Å². The van der Waals surface area contributed by atoms with Crippen LogP contribution in [0.15, 0.2) is 78.9 Å². The van der Waals surface area contributed by atoms with Crippen molar-refractivity contribution in [3.05, 3.63) is 84.4 Å². The van der Waals surface area contributed by atoms with Gasteiger partial charge in [-0.15, -0.1) is 0 Å². The van der Waals surface area contributed by atoms with Gasteiger partial charge in [-0.05, 0) is 50.5 Å². The Morgan fingerprint density at radius 3 is 2.22 bits per heavy atom. The molecule has 0 aromatic heterocycles. The second kappa shape index (κ2) is 5.99. The number of amides is 1. The molecule has 0 aliphatic carbocycles. The summed E-state index contributed by atoms with van der Waals surface area (Å²) in [5.41, 5.74) is 1.32. The zero-order valence-electron chi connectivity index (χ0n) is 14.8. The Morgan fingerprint density at radius 1 is 0.778 bits per heavy atom. The first-order valence-electron chi connectivity index (χ1n) is 8.87. The number of anilines is 1. The van der Waals surface area contributed by atoms with Crippen molar-refractivity contribution in [1.29, 1.82) is 0 Å². The van der Waals surface area contributed by atoms with Crippen molar-refractivity contribution < 1.29 is 9.53 Å². The molecule has 0 aliphatic rings. The van der Waals surface area contributed by atoms with Crippen molar-refractivity contribution in [2.45, 2.75) is 0 Å². The van der Waals surface area contributed by atoms with E-state index in [1.54, 1.807) is 7.11 Å². The van der Waals surface area contributed by atoms with E-state index in [1.165, 1.54) is 16.2 Å². The zero-order chi connectivity index (χ0) is 18.4. The van der Waals surface area contributed by atoms with Gasteiger partial charge < -0.3 is 10.1 Å². The van der Waals surface area contributed by atoms with Gasteiger partial charge in [0.1, 0.15) is 5.75 Å². The Hall–Kier alpha value is -3.59. The maximum absolute atomic E-state index is 13.1. The van der Waals surface area contributed by atoms with Crippen LogP contribution in [0.2, 0.25) is 0 Å². The molecule has 3 nitrogen and oxygen atoms in total. The van der Waals surface area contributed by atoms with Crippen LogP contribution in [0.1, 0.15) is 10.4 Å². The number of nitrogens with one attached hydrogen (secondary N) is 1. The number of para-hydroxylation sites is 1. The standard InChI is InChI=1S/C24H17NO2/c1-27-20-14-17-11-10-15-6-5-7-16-12-13-19(22(17)21(15)16)23(20)24(26)25-18-8-3-2-4-9-18/h2-14H,1H3,(H,25,26). The van der Waals surface area contributed by atoms with Crippen LogP contribution in [0.5, 0.6) is 5.75 Å². The van der Waals surface area contributed by atoms with Crippen molar-refractivity contribution in [3.63, 3.8) is 0 Å². The second-order valence-corrected chi connectivity index (χ2v) is 6.63. The lowest BCUT2D eigenvalue weighted by molar-refractivity contribution is 0.102. The van der Waals surface area contributed by atoms with Crippen LogP contribution in [0, 0.1) is 0 Å². The number of benzene rings is 5. The van der Waals surface area contributed by atoms with Gasteiger partial charge in [0.2, 0.25) is 0 Å². The van der Waals surface area contributed by atoms with Crippen LogP contribution in [0.25, 0.3) is 32.3 Å². The predicted molar refractivity (Wildman–Crippen MR) is 111 cm³/mol. The molecule has 5 aromatic carbocycles. The zero-order valence-corrected chi connectivity index (χ0v) is 14.8. The number of hydrogen-bond donors (Lipinski definition) is 1. The van der Waals surface area contributed by atoms with Crippen LogP contribution in [0.3, 0.4) is 0 Å². The number of carbonyl (C=O) groups is 1. The van der Waals surface area contributed by atoms with Crippen molar-refractivity contribution in [1.82, 2.24) is 0 Å². The summed E-state index contributed by atoms with van der Waals surface area (Å²) < 4.78 is 5.59. The van der Waals surface area contributed by atoms with Gasteiger partial charge in [-0.1, -0.05) is 60.7 Å². The Morgan fingerprint density at radius 2 is 1.48 bits per heavy atom. The minimum absolute atomic E-state index is 0.170. The monoisotopic (exact) mass is 351 g/mol. The third-order valence-corrected chi connectivity index (χ3v) is 5.09. The summed E-state index contributed by atoms with van der Waals surface area (Å²) in [7, 11) is 1.60. The topological polar surface area (TPSA) is 38.3 Å². The number of hydrogen-bond acceptors (Lipinski definition) is 2. The van der Waals surface area contributed by atoms with E-state index in [1.807, 2.05) is 42.5 Å². The summed E-state index contributed by atoms with van der Waals surface area (Å²) in [5, 5.41) is 9.59. The fraction of sp³-hybridized carbons (Fsp3) is 0.0417. The molecular weight excluding hydrogens is 334 g/mol. The van der Waals surface area contributed by atoms with E-state index in [9.17, 15) is 4.79 Å². The number of carbonyl (C=O) groups excluding carboxylic acids is 1. The fourth-order valence-electron chi connectivity index (χ4n) is 3.89. The van der Waals surface area contributed by atoms with Gasteiger partial charge in [0.15, 0.2) is 0 Å². The molecule has 130 valence electrons. The average Bonchev–Trinajstić information content (AvgIpc) is 2.72. The Labute approximate surface area is 156 Å². The lowest BCUT2D eigenvalue weighted by atomic mass is 9.91. The van der Waals surface area contributed by atoms with Gasteiger partial charge in [-0.25, -0.2) is 0 Å². The van der Waals surface area contributed by atoms with E-state index >= 15 is 0 Å². The summed E-state index contributed by atoms with van der Waals surface area (Å²) in [6.07, 6.45) is 0. The minimum Gasteiger partial charge on any atom is -0.496 e. The Kier molecular flexibility index (Phi) is 3.47. The molecule has 0 bridgehead atoms. The van der Waals surface area contributed by atoms with Gasteiger partial charge in [-0.2, -0.15) is 0 Å². The minimum atomic E-state index is -0.170. The molecule has 5 aromatic rings. The first-order valence-corrected chi connectivity index (χ1v) is 8.87. The molecule has 0 heterocycles. The molecule has 27 heavy (non-hydrogen) atoms. The van der Waals surface area contributed by atoms with E-state index in [2.05, 4.69) is 41.7 Å². The highest BCUT2D eigenvalue weighted by Gasteiger charge is 2.20. The summed E-state index contributed by atoms with van der Waals surface area (Å²) >= 11 is 0. The van der Waals surface area contributed by atoms with Crippen LogP contribution >= 0.6 is 0 Å². The van der Waals surface area contributed by atoms with Crippen LogP contribution < -0.4 is 10.1 Å². The quantitative estimate of drug-likeness (QED) is 0.414. The average molecular weight is 351 g/mol. The molecule has 0 radical (unpaired) electrons. The Balaban J connectivity index is 1.81. The van der Waals surface area contributed by atoms with Gasteiger partial charge >= 0.3 is 0 Å². The molecule has 1 amide bonds. The molecule has 0 fully saturated rings. The van der Waals surface area contributed by atoms with Crippen LogP contribution in [-0.2, 0) is 0 Å². The van der Waals surface area contributed by atoms with Gasteiger partial charge in [0.25, 0.3) is 5.91 Å². The van der Waals surface area contributed by atoms with Crippen molar-refractivity contribution in [2.75, 3.05) is 12.4 Å². The van der Waals surface area contributed by atoms with E-state index in [0.717, 1.165) is 21.8 Å². The maximum atomic E-state index is 13.1. The SMILES string of the molecule is COc1cc2ccc3cccc4ccc(c1C(=O)Nc1ccccc1)c2c34. The molecule has 0 saturated carbocycles. The largest absolute Gasteiger partial charge is 0.496 e. The highest BCUT2D eigenvalue weighted by molar-refractivity contribution is 6.28. The van der Waals surface area contributed by atoms with Gasteiger partial charge in [0.05, 0.1) is 12.7 Å². The molecule has 0 saturated heterocycles. The lowest BCUT2D eigenvalue weighted by Gasteiger charge is -2.17. The van der Waals surface area contributed by atoms with E-state index in [-0.39, 0.29) is 5.91 Å². The van der Waals surface area contributed by atoms with Gasteiger partial charge in [0, 0.05) is 5.69 Å². The summed E-state index contributed by atoms with van der Waals surface area (Å²) in [6, 6.07) is 26.0. The molecular formula is C24H17NO2.